The molecule has 4 N–H and O–H groups in total. The second-order valence-corrected chi connectivity index (χ2v) is 15.9. The number of hydrogen-bond acceptors (Lipinski definition) is 8. The number of carboxylic acid groups (broad SMARTS) is 1. The summed E-state index contributed by atoms with van der Waals surface area (Å²) in [6.07, 6.45) is 48.5. The predicted octanol–water partition coefficient (Wildman–Crippen LogP) is 12.0. The zero-order valence-corrected chi connectivity index (χ0v) is 36.1. The van der Waals surface area contributed by atoms with Crippen LogP contribution >= 0.6 is 7.82 Å². The lowest BCUT2D eigenvalue weighted by Crippen LogP contribution is -2.34. The van der Waals surface area contributed by atoms with Gasteiger partial charge in [-0.2, -0.15) is 0 Å². The average Bonchev–Trinajstić information content (AvgIpc) is 3.18. The normalized spacial score (nSPS) is 14.5. The van der Waals surface area contributed by atoms with Crippen LogP contribution in [0.3, 0.4) is 0 Å². The molecule has 0 saturated carbocycles. The number of phosphoric acid groups is 1. The lowest BCUT2D eigenvalue weighted by molar-refractivity contribution is -0.154. The van der Waals surface area contributed by atoms with E-state index in [1.165, 1.54) is 70.6 Å². The molecule has 0 saturated heterocycles. The Balaban J connectivity index is 4.15. The minimum absolute atomic E-state index is 0.0102. The molecule has 0 aromatic heterocycles. The van der Waals surface area contributed by atoms with Gasteiger partial charge in [0.05, 0.1) is 19.8 Å². The number of hydrogen-bond donors (Lipinski definition) is 3. The van der Waals surface area contributed by atoms with Gasteiger partial charge in [-0.1, -0.05) is 171 Å². The summed E-state index contributed by atoms with van der Waals surface area (Å²) in [4.78, 5) is 33.4. The molecule has 0 aromatic carbocycles. The maximum atomic E-state index is 12.6. The summed E-state index contributed by atoms with van der Waals surface area (Å²) in [6.45, 7) is 3.72. The van der Waals surface area contributed by atoms with Gasteiger partial charge in [0, 0.05) is 13.0 Å². The SMILES string of the molecule is CC/C=C\C/C=C\C/C=C\C/C=C\C/C=C\CCCCCCCCCCOCC(COP(=O)(O)OCC(N)C(=O)O)OC(=O)CCCCCCCCCCCC. The van der Waals surface area contributed by atoms with E-state index in [9.17, 15) is 19.0 Å². The summed E-state index contributed by atoms with van der Waals surface area (Å²) in [5, 5.41) is 8.88. The van der Waals surface area contributed by atoms with E-state index >= 15 is 0 Å². The first-order chi connectivity index (χ1) is 27.2. The Labute approximate surface area is 341 Å². The van der Waals surface area contributed by atoms with E-state index in [-0.39, 0.29) is 13.0 Å². The van der Waals surface area contributed by atoms with Crippen molar-refractivity contribution in [3.63, 3.8) is 0 Å². The first-order valence-electron chi connectivity index (χ1n) is 21.8. The molecule has 0 spiro atoms. The van der Waals surface area contributed by atoms with Gasteiger partial charge in [0.15, 0.2) is 0 Å². The predicted molar refractivity (Wildman–Crippen MR) is 231 cm³/mol. The molecule has 3 unspecified atom stereocenters. The highest BCUT2D eigenvalue weighted by Crippen LogP contribution is 2.43. The highest BCUT2D eigenvalue weighted by Gasteiger charge is 2.27. The van der Waals surface area contributed by atoms with Crippen molar-refractivity contribution in [3.05, 3.63) is 60.8 Å². The van der Waals surface area contributed by atoms with Gasteiger partial charge in [0.2, 0.25) is 0 Å². The second-order valence-electron chi connectivity index (χ2n) is 14.4. The monoisotopic (exact) mass is 810 g/mol. The molecule has 3 atom stereocenters. The molecule has 0 aliphatic carbocycles. The van der Waals surface area contributed by atoms with E-state index in [0.717, 1.165) is 77.0 Å². The number of carbonyl (C=O) groups excluding carboxylic acids is 1. The molecule has 0 bridgehead atoms. The van der Waals surface area contributed by atoms with Crippen molar-refractivity contribution in [1.29, 1.82) is 0 Å². The van der Waals surface area contributed by atoms with Gasteiger partial charge in [-0.15, -0.1) is 0 Å². The topological polar surface area (TPSA) is 155 Å². The van der Waals surface area contributed by atoms with Crippen LogP contribution in [0.25, 0.3) is 0 Å². The Hall–Kier alpha value is -2.33. The van der Waals surface area contributed by atoms with Gasteiger partial charge in [0.1, 0.15) is 12.1 Å². The maximum Gasteiger partial charge on any atom is 0.472 e. The number of carboxylic acids is 1. The first-order valence-corrected chi connectivity index (χ1v) is 23.3. The van der Waals surface area contributed by atoms with Gasteiger partial charge < -0.3 is 25.2 Å². The van der Waals surface area contributed by atoms with E-state index < -0.39 is 45.1 Å². The van der Waals surface area contributed by atoms with Crippen LogP contribution in [0.2, 0.25) is 0 Å². The van der Waals surface area contributed by atoms with Crippen LogP contribution in [-0.4, -0.2) is 60.5 Å². The molecule has 0 aliphatic rings. The van der Waals surface area contributed by atoms with E-state index in [4.69, 9.17) is 29.4 Å². The van der Waals surface area contributed by atoms with Crippen molar-refractivity contribution in [2.45, 2.75) is 187 Å². The number of nitrogens with two attached hydrogens (primary N) is 1. The largest absolute Gasteiger partial charge is 0.480 e. The molecule has 324 valence electrons. The Morgan fingerprint density at radius 3 is 1.55 bits per heavy atom. The standard InChI is InChI=1S/C45H80NO9P/c1-3-5-7-9-11-13-15-16-17-18-19-20-21-22-23-24-25-26-27-28-30-32-34-36-38-52-39-42(40-53-56(50,51)54-41-43(46)45(48)49)55-44(47)37-35-33-31-29-14-12-10-8-6-4-2/h5,7,11,13,16-17,19-20,22-23,42-43H,3-4,6,8-10,12,14-15,18,21,24-41,46H2,1-2H3,(H,48,49)(H,50,51)/b7-5-,13-11-,17-16-,20-19-,23-22-. The van der Waals surface area contributed by atoms with Crippen molar-refractivity contribution in [2.75, 3.05) is 26.4 Å². The molecular formula is C45H80NO9P. The van der Waals surface area contributed by atoms with E-state index in [1.54, 1.807) is 0 Å². The number of aliphatic carboxylic acids is 1. The number of phosphoric ester groups is 1. The third-order valence-corrected chi connectivity index (χ3v) is 10.0. The fourth-order valence-corrected chi connectivity index (χ4v) is 6.47. The lowest BCUT2D eigenvalue weighted by Gasteiger charge is -2.20. The number of unbranched alkanes of at least 4 members (excludes halogenated alkanes) is 17. The van der Waals surface area contributed by atoms with Crippen LogP contribution in [0.4, 0.5) is 0 Å². The van der Waals surface area contributed by atoms with Crippen LogP contribution in [-0.2, 0) is 32.7 Å². The molecule has 10 nitrogen and oxygen atoms in total. The molecule has 56 heavy (non-hydrogen) atoms. The van der Waals surface area contributed by atoms with Crippen molar-refractivity contribution >= 4 is 19.8 Å². The Morgan fingerprint density at radius 1 is 0.589 bits per heavy atom. The van der Waals surface area contributed by atoms with Gasteiger partial charge in [0.25, 0.3) is 0 Å². The van der Waals surface area contributed by atoms with Crippen molar-refractivity contribution in [1.82, 2.24) is 0 Å². The zero-order chi connectivity index (χ0) is 41.2. The minimum atomic E-state index is -4.61. The van der Waals surface area contributed by atoms with Crippen molar-refractivity contribution < 1.29 is 42.7 Å². The van der Waals surface area contributed by atoms with Gasteiger partial charge in [-0.25, -0.2) is 4.57 Å². The summed E-state index contributed by atoms with van der Waals surface area (Å²) in [5.41, 5.74) is 5.35. The number of rotatable bonds is 41. The van der Waals surface area contributed by atoms with Gasteiger partial charge in [-0.05, 0) is 57.8 Å². The number of ether oxygens (including phenoxy) is 2. The zero-order valence-electron chi connectivity index (χ0n) is 35.2. The Morgan fingerprint density at radius 2 is 1.04 bits per heavy atom. The fourth-order valence-electron chi connectivity index (χ4n) is 5.69. The van der Waals surface area contributed by atoms with Crippen LogP contribution in [0.15, 0.2) is 60.8 Å². The van der Waals surface area contributed by atoms with Gasteiger partial charge in [-0.3, -0.25) is 18.6 Å². The number of allylic oxidation sites excluding steroid dienone is 10. The van der Waals surface area contributed by atoms with Crippen LogP contribution in [0, 0.1) is 0 Å². The Bertz CT molecular complexity index is 1120. The maximum absolute atomic E-state index is 12.6. The molecule has 0 amide bonds. The Kier molecular flexibility index (Phi) is 39.2. The van der Waals surface area contributed by atoms with Crippen molar-refractivity contribution in [2.24, 2.45) is 5.73 Å². The number of carbonyl (C=O) groups is 2. The molecule has 0 heterocycles. The summed E-state index contributed by atoms with van der Waals surface area (Å²) in [5.74, 6) is -1.79. The fraction of sp³-hybridized carbons (Fsp3) is 0.733. The summed E-state index contributed by atoms with van der Waals surface area (Å²) in [7, 11) is -4.61. The lowest BCUT2D eigenvalue weighted by atomic mass is 10.1. The van der Waals surface area contributed by atoms with Crippen molar-refractivity contribution in [3.8, 4) is 0 Å². The van der Waals surface area contributed by atoms with Gasteiger partial charge >= 0.3 is 19.8 Å². The quantitative estimate of drug-likeness (QED) is 0.0235. The summed E-state index contributed by atoms with van der Waals surface area (Å²) in [6, 6.07) is -1.47. The van der Waals surface area contributed by atoms with E-state index in [2.05, 4.69) is 74.6 Å². The molecule has 0 radical (unpaired) electrons. The molecule has 11 heteroatoms. The minimum Gasteiger partial charge on any atom is -0.480 e. The highest BCUT2D eigenvalue weighted by atomic mass is 31.2. The molecular weight excluding hydrogens is 729 g/mol. The molecule has 0 fully saturated rings. The molecule has 0 rings (SSSR count). The van der Waals surface area contributed by atoms with Crippen LogP contribution < -0.4 is 5.73 Å². The van der Waals surface area contributed by atoms with E-state index in [1.807, 2.05) is 0 Å². The third-order valence-electron chi connectivity index (χ3n) is 9.06. The van der Waals surface area contributed by atoms with E-state index in [0.29, 0.717) is 13.0 Å². The summed E-state index contributed by atoms with van der Waals surface area (Å²) < 4.78 is 33.3. The number of esters is 1. The van der Waals surface area contributed by atoms with Crippen LogP contribution in [0.5, 0.6) is 0 Å². The highest BCUT2D eigenvalue weighted by molar-refractivity contribution is 7.47. The molecule has 0 aromatic rings. The average molecular weight is 810 g/mol. The van der Waals surface area contributed by atoms with Crippen LogP contribution in [0.1, 0.15) is 174 Å². The smallest absolute Gasteiger partial charge is 0.472 e. The molecule has 0 aliphatic heterocycles. The third kappa shape index (κ3) is 39.9. The first kappa shape index (κ1) is 53.7. The second kappa shape index (κ2) is 40.9. The summed E-state index contributed by atoms with van der Waals surface area (Å²) >= 11 is 0.